The zero-order chi connectivity index (χ0) is 15.0. The molecule has 1 atom stereocenters. The molecule has 0 aliphatic rings. The van der Waals surface area contributed by atoms with Gasteiger partial charge in [-0.2, -0.15) is 0 Å². The average molecular weight is 276 g/mol. The number of amides is 1. The second-order valence-corrected chi connectivity index (χ2v) is 5.63. The molecule has 1 amide bonds. The Balaban J connectivity index is 2.41. The van der Waals surface area contributed by atoms with Crippen molar-refractivity contribution in [3.05, 3.63) is 35.4 Å². The maximum Gasteiger partial charge on any atom is 0.220 e. The lowest BCUT2D eigenvalue weighted by Gasteiger charge is -2.13. The van der Waals surface area contributed by atoms with Gasteiger partial charge in [-0.25, -0.2) is 0 Å². The molecule has 2 N–H and O–H groups in total. The predicted molar refractivity (Wildman–Crippen MR) is 85.1 cm³/mol. The van der Waals surface area contributed by atoms with Crippen molar-refractivity contribution in [3.8, 4) is 0 Å². The zero-order valence-corrected chi connectivity index (χ0v) is 13.2. The normalized spacial score (nSPS) is 12.4. The fraction of sp³-hybridized carbons (Fsp3) is 0.588. The van der Waals surface area contributed by atoms with E-state index in [1.807, 2.05) is 0 Å². The molecular weight excluding hydrogens is 248 g/mol. The third kappa shape index (κ3) is 5.74. The van der Waals surface area contributed by atoms with E-state index < -0.39 is 0 Å². The monoisotopic (exact) mass is 276 g/mol. The van der Waals surface area contributed by atoms with Gasteiger partial charge in [-0.1, -0.05) is 52.0 Å². The summed E-state index contributed by atoms with van der Waals surface area (Å²) >= 11 is 0. The summed E-state index contributed by atoms with van der Waals surface area (Å²) in [6.07, 6.45) is 0.549. The molecule has 112 valence electrons. The van der Waals surface area contributed by atoms with Gasteiger partial charge in [0, 0.05) is 19.5 Å². The van der Waals surface area contributed by atoms with Crippen LogP contribution in [0.25, 0.3) is 0 Å². The van der Waals surface area contributed by atoms with Crippen molar-refractivity contribution < 1.29 is 4.79 Å². The van der Waals surface area contributed by atoms with Crippen molar-refractivity contribution in [1.82, 2.24) is 10.6 Å². The third-order valence-electron chi connectivity index (χ3n) is 3.54. The Morgan fingerprint density at radius 2 is 1.65 bits per heavy atom. The smallest absolute Gasteiger partial charge is 0.220 e. The maximum atomic E-state index is 11.8. The van der Waals surface area contributed by atoms with Crippen LogP contribution in [0.2, 0.25) is 0 Å². The maximum absolute atomic E-state index is 11.8. The average Bonchev–Trinajstić information content (AvgIpc) is 2.43. The van der Waals surface area contributed by atoms with Crippen molar-refractivity contribution in [1.29, 1.82) is 0 Å². The minimum atomic E-state index is 0.128. The highest BCUT2D eigenvalue weighted by molar-refractivity contribution is 5.76. The first kappa shape index (κ1) is 16.7. The van der Waals surface area contributed by atoms with E-state index in [1.54, 1.807) is 0 Å². The van der Waals surface area contributed by atoms with Crippen molar-refractivity contribution >= 4 is 5.91 Å². The van der Waals surface area contributed by atoms with E-state index in [9.17, 15) is 4.79 Å². The second-order valence-electron chi connectivity index (χ2n) is 5.63. The Bertz CT molecular complexity index is 398. The molecular formula is C17H28N2O. The van der Waals surface area contributed by atoms with Crippen LogP contribution >= 0.6 is 0 Å². The summed E-state index contributed by atoms with van der Waals surface area (Å²) < 4.78 is 0. The van der Waals surface area contributed by atoms with Crippen LogP contribution in [0.15, 0.2) is 24.3 Å². The fourth-order valence-electron chi connectivity index (χ4n) is 2.14. The molecule has 20 heavy (non-hydrogen) atoms. The molecule has 1 aromatic rings. The molecule has 0 radical (unpaired) electrons. The van der Waals surface area contributed by atoms with Crippen LogP contribution in [0.5, 0.6) is 0 Å². The Kier molecular flexibility index (Phi) is 7.31. The van der Waals surface area contributed by atoms with Gasteiger partial charge in [-0.15, -0.1) is 0 Å². The van der Waals surface area contributed by atoms with Gasteiger partial charge in [0.25, 0.3) is 0 Å². The quantitative estimate of drug-likeness (QED) is 0.717. The lowest BCUT2D eigenvalue weighted by atomic mass is 9.94. The first-order valence-electron chi connectivity index (χ1n) is 7.61. The lowest BCUT2D eigenvalue weighted by Crippen LogP contribution is -2.32. The standard InChI is InChI=1S/C17H28N2O/c1-5-18-10-11-19-17(20)12-14(4)16-8-6-15(7-9-16)13(2)3/h6-9,13-14,18H,5,10-12H2,1-4H3,(H,19,20). The highest BCUT2D eigenvalue weighted by Crippen LogP contribution is 2.22. The minimum Gasteiger partial charge on any atom is -0.355 e. The number of hydrogen-bond acceptors (Lipinski definition) is 2. The minimum absolute atomic E-state index is 0.128. The molecule has 3 nitrogen and oxygen atoms in total. The molecule has 0 fully saturated rings. The van der Waals surface area contributed by atoms with E-state index in [0.29, 0.717) is 18.9 Å². The van der Waals surface area contributed by atoms with E-state index in [0.717, 1.165) is 13.1 Å². The highest BCUT2D eigenvalue weighted by Gasteiger charge is 2.11. The molecule has 0 spiro atoms. The first-order chi connectivity index (χ1) is 9.54. The number of nitrogens with one attached hydrogen (secondary N) is 2. The number of benzene rings is 1. The largest absolute Gasteiger partial charge is 0.355 e. The summed E-state index contributed by atoms with van der Waals surface area (Å²) in [7, 11) is 0. The molecule has 0 aromatic heterocycles. The van der Waals surface area contributed by atoms with Gasteiger partial charge < -0.3 is 10.6 Å². The number of carbonyl (C=O) groups is 1. The van der Waals surface area contributed by atoms with E-state index in [-0.39, 0.29) is 11.8 Å². The summed E-state index contributed by atoms with van der Waals surface area (Å²) in [4.78, 5) is 11.8. The van der Waals surface area contributed by atoms with Gasteiger partial charge in [0.2, 0.25) is 5.91 Å². The topological polar surface area (TPSA) is 41.1 Å². The molecule has 1 aromatic carbocycles. The van der Waals surface area contributed by atoms with Crippen LogP contribution < -0.4 is 10.6 Å². The number of hydrogen-bond donors (Lipinski definition) is 2. The fourth-order valence-corrected chi connectivity index (χ4v) is 2.14. The van der Waals surface area contributed by atoms with Crippen molar-refractivity contribution in [2.45, 2.75) is 46.0 Å². The third-order valence-corrected chi connectivity index (χ3v) is 3.54. The molecule has 0 bridgehead atoms. The van der Waals surface area contributed by atoms with Crippen LogP contribution in [0.1, 0.15) is 57.1 Å². The SMILES string of the molecule is CCNCCNC(=O)CC(C)c1ccc(C(C)C)cc1. The Hall–Kier alpha value is -1.35. The van der Waals surface area contributed by atoms with Crippen LogP contribution in [0.4, 0.5) is 0 Å². The van der Waals surface area contributed by atoms with Gasteiger partial charge in [0.1, 0.15) is 0 Å². The van der Waals surface area contributed by atoms with Crippen molar-refractivity contribution in [2.24, 2.45) is 0 Å². The van der Waals surface area contributed by atoms with Gasteiger partial charge in [-0.3, -0.25) is 4.79 Å². The van der Waals surface area contributed by atoms with Gasteiger partial charge >= 0.3 is 0 Å². The summed E-state index contributed by atoms with van der Waals surface area (Å²) in [6.45, 7) is 11.0. The summed E-state index contributed by atoms with van der Waals surface area (Å²) in [5.41, 5.74) is 2.58. The molecule has 0 aliphatic carbocycles. The first-order valence-corrected chi connectivity index (χ1v) is 7.61. The Morgan fingerprint density at radius 1 is 1.05 bits per heavy atom. The molecule has 3 heteroatoms. The molecule has 1 rings (SSSR count). The summed E-state index contributed by atoms with van der Waals surface area (Å²) in [5, 5.41) is 6.14. The summed E-state index contributed by atoms with van der Waals surface area (Å²) in [6, 6.07) is 8.62. The van der Waals surface area contributed by atoms with E-state index in [2.05, 4.69) is 62.6 Å². The van der Waals surface area contributed by atoms with Crippen LogP contribution in [0, 0.1) is 0 Å². The molecule has 0 saturated heterocycles. The van der Waals surface area contributed by atoms with E-state index in [4.69, 9.17) is 0 Å². The van der Waals surface area contributed by atoms with Crippen molar-refractivity contribution in [2.75, 3.05) is 19.6 Å². The van der Waals surface area contributed by atoms with Crippen molar-refractivity contribution in [3.63, 3.8) is 0 Å². The molecule has 1 unspecified atom stereocenters. The Morgan fingerprint density at radius 3 is 2.20 bits per heavy atom. The number of rotatable bonds is 8. The highest BCUT2D eigenvalue weighted by atomic mass is 16.1. The summed E-state index contributed by atoms with van der Waals surface area (Å²) in [5.74, 6) is 0.937. The Labute approximate surface area is 123 Å². The molecule has 0 saturated carbocycles. The van der Waals surface area contributed by atoms with Crippen LogP contribution in [0.3, 0.4) is 0 Å². The zero-order valence-electron chi connectivity index (χ0n) is 13.2. The van der Waals surface area contributed by atoms with Gasteiger partial charge in [0.15, 0.2) is 0 Å². The van der Waals surface area contributed by atoms with Crippen LogP contribution in [-0.4, -0.2) is 25.5 Å². The van der Waals surface area contributed by atoms with E-state index in [1.165, 1.54) is 11.1 Å². The molecule has 0 heterocycles. The van der Waals surface area contributed by atoms with Crippen LogP contribution in [-0.2, 0) is 4.79 Å². The number of carbonyl (C=O) groups excluding carboxylic acids is 1. The molecule has 0 aliphatic heterocycles. The predicted octanol–water partition coefficient (Wildman–Crippen LogP) is 3.03. The van der Waals surface area contributed by atoms with Gasteiger partial charge in [-0.05, 0) is 29.5 Å². The van der Waals surface area contributed by atoms with E-state index >= 15 is 0 Å². The number of likely N-dealkylation sites (N-methyl/N-ethyl adjacent to an activating group) is 1. The lowest BCUT2D eigenvalue weighted by molar-refractivity contribution is -0.121. The van der Waals surface area contributed by atoms with Gasteiger partial charge in [0.05, 0.1) is 0 Å². The second kappa shape index (κ2) is 8.75.